The molecule has 2 N–H and O–H groups in total. The highest BCUT2D eigenvalue weighted by atomic mass is 16.5. The molecule has 33 heavy (non-hydrogen) atoms. The molecule has 0 saturated carbocycles. The summed E-state index contributed by atoms with van der Waals surface area (Å²) in [5.74, 6) is 1.47. The molecule has 7 nitrogen and oxygen atoms in total. The van der Waals surface area contributed by atoms with Crippen LogP contribution in [-0.4, -0.2) is 38.7 Å². The first-order valence-electron chi connectivity index (χ1n) is 11.0. The van der Waals surface area contributed by atoms with E-state index in [9.17, 15) is 4.79 Å². The Kier molecular flexibility index (Phi) is 5.52. The number of carbonyl (C=O) groups is 1. The Balaban J connectivity index is 1.50. The maximum atomic E-state index is 12.2. The van der Waals surface area contributed by atoms with E-state index >= 15 is 0 Å². The number of nitrogens with zero attached hydrogens (tertiary/aromatic N) is 4. The lowest BCUT2D eigenvalue weighted by Crippen LogP contribution is -2.40. The third-order valence-electron chi connectivity index (χ3n) is 5.96. The number of piperidine rings is 1. The third-order valence-corrected chi connectivity index (χ3v) is 5.96. The van der Waals surface area contributed by atoms with E-state index < -0.39 is 0 Å². The Morgan fingerprint density at radius 1 is 1.09 bits per heavy atom. The summed E-state index contributed by atoms with van der Waals surface area (Å²) >= 11 is 0. The maximum absolute atomic E-state index is 12.2. The number of fused-ring (bicyclic) bond motifs is 1. The number of pyridine rings is 1. The molecule has 4 aromatic rings. The van der Waals surface area contributed by atoms with Crippen molar-refractivity contribution in [1.29, 1.82) is 0 Å². The number of nitrogen functional groups attached to an aromatic ring is 1. The second-order valence-corrected chi connectivity index (χ2v) is 8.12. The highest BCUT2D eigenvalue weighted by molar-refractivity contribution is 5.99. The lowest BCUT2D eigenvalue weighted by molar-refractivity contribution is -0.127. The number of ether oxygens (including phenoxy) is 1. The van der Waals surface area contributed by atoms with Gasteiger partial charge in [-0.25, -0.2) is 9.67 Å². The zero-order valence-corrected chi connectivity index (χ0v) is 18.2. The fourth-order valence-corrected chi connectivity index (χ4v) is 4.33. The number of hydrogen-bond acceptors (Lipinski definition) is 5. The third kappa shape index (κ3) is 4.05. The van der Waals surface area contributed by atoms with Crippen molar-refractivity contribution in [3.8, 4) is 22.8 Å². The molecule has 0 aliphatic carbocycles. The molecule has 1 atom stereocenters. The van der Waals surface area contributed by atoms with Gasteiger partial charge in [-0.3, -0.25) is 4.79 Å². The molecule has 0 radical (unpaired) electrons. The van der Waals surface area contributed by atoms with Crippen LogP contribution in [0.2, 0.25) is 0 Å². The molecule has 5 rings (SSSR count). The molecule has 1 unspecified atom stereocenters. The summed E-state index contributed by atoms with van der Waals surface area (Å²) in [6.45, 7) is 4.92. The zero-order valence-electron chi connectivity index (χ0n) is 18.2. The molecule has 2 aromatic carbocycles. The van der Waals surface area contributed by atoms with Crippen LogP contribution in [0.5, 0.6) is 11.5 Å². The minimum absolute atomic E-state index is 0.0221. The van der Waals surface area contributed by atoms with Crippen molar-refractivity contribution in [3.05, 3.63) is 79.5 Å². The molecule has 7 heteroatoms. The van der Waals surface area contributed by atoms with Gasteiger partial charge >= 0.3 is 0 Å². The van der Waals surface area contributed by atoms with E-state index in [4.69, 9.17) is 15.6 Å². The zero-order chi connectivity index (χ0) is 22.8. The first-order valence-corrected chi connectivity index (χ1v) is 11.0. The standard InChI is InChI=1S/C26H25N5O2/c1-2-23(32)30-16-6-7-19(17-30)31-26-24(22(27)14-15-28-26)25(29-31)18-10-12-21(13-11-18)33-20-8-4-3-5-9-20/h2-5,8-15,19H,1,6-7,16-17H2,(H2,27,28). The van der Waals surface area contributed by atoms with Crippen LogP contribution < -0.4 is 10.5 Å². The first-order chi connectivity index (χ1) is 16.1. The summed E-state index contributed by atoms with van der Waals surface area (Å²) in [4.78, 5) is 18.6. The van der Waals surface area contributed by atoms with Crippen LogP contribution in [0.1, 0.15) is 18.9 Å². The Bertz CT molecular complexity index is 1300. The Morgan fingerprint density at radius 2 is 1.85 bits per heavy atom. The largest absolute Gasteiger partial charge is 0.457 e. The van der Waals surface area contributed by atoms with E-state index in [2.05, 4.69) is 11.6 Å². The van der Waals surface area contributed by atoms with Gasteiger partial charge in [-0.2, -0.15) is 5.10 Å². The van der Waals surface area contributed by atoms with Gasteiger partial charge in [0.2, 0.25) is 5.91 Å². The SMILES string of the molecule is C=CC(=O)N1CCCC(n2nc(-c3ccc(Oc4ccccc4)cc3)c3c(N)ccnc32)C1. The number of benzene rings is 2. The highest BCUT2D eigenvalue weighted by Crippen LogP contribution is 2.35. The van der Waals surface area contributed by atoms with Crippen LogP contribution in [0.25, 0.3) is 22.3 Å². The smallest absolute Gasteiger partial charge is 0.246 e. The number of hydrogen-bond donors (Lipinski definition) is 1. The van der Waals surface area contributed by atoms with Crippen LogP contribution in [0, 0.1) is 0 Å². The van der Waals surface area contributed by atoms with Gasteiger partial charge in [0.1, 0.15) is 17.2 Å². The highest BCUT2D eigenvalue weighted by Gasteiger charge is 2.27. The topological polar surface area (TPSA) is 86.3 Å². The summed E-state index contributed by atoms with van der Waals surface area (Å²) in [6.07, 6.45) is 4.88. The van der Waals surface area contributed by atoms with E-state index in [1.54, 1.807) is 12.3 Å². The monoisotopic (exact) mass is 439 g/mol. The minimum Gasteiger partial charge on any atom is -0.457 e. The minimum atomic E-state index is -0.0575. The molecule has 166 valence electrons. The number of carbonyl (C=O) groups excluding carboxylic acids is 1. The molecular weight excluding hydrogens is 414 g/mol. The van der Waals surface area contributed by atoms with Crippen LogP contribution in [0.3, 0.4) is 0 Å². The molecule has 1 aliphatic heterocycles. The van der Waals surface area contributed by atoms with Crippen molar-refractivity contribution in [1.82, 2.24) is 19.7 Å². The summed E-state index contributed by atoms with van der Waals surface area (Å²) in [6, 6.07) is 19.3. The second-order valence-electron chi connectivity index (χ2n) is 8.12. The number of rotatable bonds is 5. The number of amides is 1. The van der Waals surface area contributed by atoms with E-state index in [0.29, 0.717) is 12.2 Å². The molecule has 1 fully saturated rings. The number of likely N-dealkylation sites (tertiary alicyclic amines) is 1. The lowest BCUT2D eigenvalue weighted by atomic mass is 10.1. The summed E-state index contributed by atoms with van der Waals surface area (Å²) in [7, 11) is 0. The lowest BCUT2D eigenvalue weighted by Gasteiger charge is -2.32. The predicted octanol–water partition coefficient (Wildman–Crippen LogP) is 4.82. The van der Waals surface area contributed by atoms with Gasteiger partial charge in [0.05, 0.1) is 11.4 Å². The molecule has 3 heterocycles. The number of anilines is 1. The van der Waals surface area contributed by atoms with Gasteiger partial charge in [-0.05, 0) is 61.4 Å². The van der Waals surface area contributed by atoms with Gasteiger partial charge in [0.15, 0.2) is 5.65 Å². The van der Waals surface area contributed by atoms with Crippen LogP contribution in [-0.2, 0) is 4.79 Å². The van der Waals surface area contributed by atoms with Crippen molar-refractivity contribution in [2.75, 3.05) is 18.8 Å². The van der Waals surface area contributed by atoms with E-state index in [1.165, 1.54) is 6.08 Å². The van der Waals surface area contributed by atoms with Crippen LogP contribution >= 0.6 is 0 Å². The average Bonchev–Trinajstić information content (AvgIpc) is 3.26. The fourth-order valence-electron chi connectivity index (χ4n) is 4.33. The molecule has 2 aromatic heterocycles. The Labute approximate surface area is 192 Å². The number of aromatic nitrogens is 3. The van der Waals surface area contributed by atoms with Crippen molar-refractivity contribution < 1.29 is 9.53 Å². The molecule has 0 bridgehead atoms. The van der Waals surface area contributed by atoms with E-state index in [1.807, 2.05) is 64.2 Å². The second kappa shape index (κ2) is 8.78. The van der Waals surface area contributed by atoms with Gasteiger partial charge in [-0.1, -0.05) is 24.8 Å². The summed E-state index contributed by atoms with van der Waals surface area (Å²) in [5.41, 5.74) is 9.42. The number of nitrogens with two attached hydrogens (primary N) is 1. The van der Waals surface area contributed by atoms with Gasteiger partial charge < -0.3 is 15.4 Å². The summed E-state index contributed by atoms with van der Waals surface area (Å²) in [5, 5.41) is 5.77. The van der Waals surface area contributed by atoms with Crippen LogP contribution in [0.15, 0.2) is 79.5 Å². The fraction of sp³-hybridized carbons (Fsp3) is 0.192. The molecule has 1 aliphatic rings. The molecule has 1 saturated heterocycles. The normalized spacial score (nSPS) is 16.0. The number of para-hydroxylation sites is 1. The predicted molar refractivity (Wildman–Crippen MR) is 129 cm³/mol. The average molecular weight is 440 g/mol. The van der Waals surface area contributed by atoms with Crippen molar-refractivity contribution in [2.45, 2.75) is 18.9 Å². The Morgan fingerprint density at radius 3 is 2.61 bits per heavy atom. The maximum Gasteiger partial charge on any atom is 0.246 e. The quantitative estimate of drug-likeness (QED) is 0.451. The Hall–Kier alpha value is -4.13. The molecule has 1 amide bonds. The molecular formula is C26H25N5O2. The van der Waals surface area contributed by atoms with Gasteiger partial charge in [0, 0.05) is 30.5 Å². The van der Waals surface area contributed by atoms with E-state index in [-0.39, 0.29) is 11.9 Å². The first kappa shape index (κ1) is 20.8. The van der Waals surface area contributed by atoms with E-state index in [0.717, 1.165) is 53.2 Å². The molecule has 0 spiro atoms. The van der Waals surface area contributed by atoms with Gasteiger partial charge in [0.25, 0.3) is 0 Å². The van der Waals surface area contributed by atoms with Crippen molar-refractivity contribution in [2.24, 2.45) is 0 Å². The van der Waals surface area contributed by atoms with Crippen LogP contribution in [0.4, 0.5) is 5.69 Å². The van der Waals surface area contributed by atoms with Crippen molar-refractivity contribution in [3.63, 3.8) is 0 Å². The van der Waals surface area contributed by atoms with Crippen molar-refractivity contribution >= 4 is 22.6 Å². The van der Waals surface area contributed by atoms with Gasteiger partial charge in [-0.15, -0.1) is 0 Å². The summed E-state index contributed by atoms with van der Waals surface area (Å²) < 4.78 is 7.85.